The van der Waals surface area contributed by atoms with Crippen LogP contribution in [0.2, 0.25) is 0 Å². The molecule has 3 aliphatic rings. The minimum absolute atomic E-state index is 0.00521. The van der Waals surface area contributed by atoms with Gasteiger partial charge in [-0.25, -0.2) is 19.2 Å². The smallest absolute Gasteiger partial charge is 0.344 e. The number of carboxylic acids is 3. The lowest BCUT2D eigenvalue weighted by atomic mass is 9.74. The Kier molecular flexibility index (Phi) is 13.4. The molecule has 49 heavy (non-hydrogen) atoms. The fraction of sp³-hybridized carbons (Fsp3) is 0.800. The average Bonchev–Trinajstić information content (AvgIpc) is 3.25. The zero-order chi connectivity index (χ0) is 36.9. The van der Waals surface area contributed by atoms with Gasteiger partial charge < -0.3 is 44.5 Å². The van der Waals surface area contributed by atoms with Crippen LogP contribution in [0, 0.1) is 29.6 Å². The monoisotopic (exact) mass is 698 g/mol. The second-order valence-electron chi connectivity index (χ2n) is 14.6. The molecule has 0 unspecified atom stereocenters. The first-order valence-corrected chi connectivity index (χ1v) is 17.4. The van der Waals surface area contributed by atoms with Crippen LogP contribution in [-0.4, -0.2) is 96.8 Å². The molecule has 2 bridgehead atoms. The lowest BCUT2D eigenvalue weighted by Crippen LogP contribution is -2.78. The number of aliphatic carboxylic acids is 3. The molecule has 0 aromatic rings. The SMILES string of the molecule is CC[C@H](C)C[C@H](C)/C=C/C(=O)O[C@@H]1[C@@H](O)[C@@]2(CC[C@@H](C)[C@@H](OC(C)=O)[C@H](C)CC3CCCCC3)O[C@H](C(=O)O)[C@@](O)(C(=O)O)[C@]1(C(=O)O)O2. The molecular weight excluding hydrogens is 644 g/mol. The van der Waals surface area contributed by atoms with Gasteiger partial charge >= 0.3 is 29.8 Å². The van der Waals surface area contributed by atoms with E-state index in [-0.39, 0.29) is 18.3 Å². The summed E-state index contributed by atoms with van der Waals surface area (Å²) in [6.07, 6.45) is 1.98. The highest BCUT2D eigenvalue weighted by Crippen LogP contribution is 2.56. The fourth-order valence-electron chi connectivity index (χ4n) is 7.89. The molecule has 5 N–H and O–H groups in total. The van der Waals surface area contributed by atoms with Crippen molar-refractivity contribution in [1.82, 2.24) is 0 Å². The molecule has 3 fully saturated rings. The Labute approximate surface area is 287 Å². The van der Waals surface area contributed by atoms with E-state index in [1.165, 1.54) is 19.4 Å². The minimum Gasteiger partial charge on any atom is -0.479 e. The number of carbonyl (C=O) groups excluding carboxylic acids is 2. The Morgan fingerprint density at radius 1 is 0.959 bits per heavy atom. The summed E-state index contributed by atoms with van der Waals surface area (Å²) < 4.78 is 22.4. The lowest BCUT2D eigenvalue weighted by molar-refractivity contribution is -0.374. The molecule has 1 aliphatic carbocycles. The normalized spacial score (nSPS) is 33.3. The molecule has 2 heterocycles. The highest BCUT2D eigenvalue weighted by molar-refractivity contribution is 5.98. The molecule has 0 spiro atoms. The van der Waals surface area contributed by atoms with Gasteiger partial charge in [0.1, 0.15) is 12.2 Å². The van der Waals surface area contributed by atoms with Gasteiger partial charge in [-0.1, -0.05) is 79.2 Å². The highest BCUT2D eigenvalue weighted by Gasteiger charge is 2.85. The van der Waals surface area contributed by atoms with Crippen molar-refractivity contribution in [3.8, 4) is 0 Å². The zero-order valence-corrected chi connectivity index (χ0v) is 29.3. The van der Waals surface area contributed by atoms with Gasteiger partial charge in [0, 0.05) is 19.4 Å². The van der Waals surface area contributed by atoms with Gasteiger partial charge in [-0.05, 0) is 48.9 Å². The van der Waals surface area contributed by atoms with Gasteiger partial charge in [0.2, 0.25) is 23.1 Å². The van der Waals surface area contributed by atoms with Crippen molar-refractivity contribution in [3.05, 3.63) is 12.2 Å². The van der Waals surface area contributed by atoms with Crippen LogP contribution >= 0.6 is 0 Å². The van der Waals surface area contributed by atoms with Gasteiger partial charge in [0.05, 0.1) is 0 Å². The molecule has 11 atom stereocenters. The van der Waals surface area contributed by atoms with Crippen LogP contribution in [0.5, 0.6) is 0 Å². The van der Waals surface area contributed by atoms with Crippen molar-refractivity contribution >= 4 is 29.8 Å². The van der Waals surface area contributed by atoms with E-state index in [4.69, 9.17) is 18.9 Å². The predicted octanol–water partition coefficient (Wildman–Crippen LogP) is 3.69. The van der Waals surface area contributed by atoms with Crippen LogP contribution in [-0.2, 0) is 42.9 Å². The topological polar surface area (TPSA) is 223 Å². The third-order valence-corrected chi connectivity index (χ3v) is 10.7. The summed E-state index contributed by atoms with van der Waals surface area (Å²) >= 11 is 0. The maximum absolute atomic E-state index is 13.1. The first-order valence-electron chi connectivity index (χ1n) is 17.4. The van der Waals surface area contributed by atoms with Gasteiger partial charge in [-0.2, -0.15) is 0 Å². The van der Waals surface area contributed by atoms with E-state index in [0.717, 1.165) is 51.0 Å². The number of carboxylic acid groups (broad SMARTS) is 3. The Morgan fingerprint density at radius 2 is 1.59 bits per heavy atom. The first kappa shape index (κ1) is 40.4. The number of rotatable bonds is 17. The minimum atomic E-state index is -3.86. The van der Waals surface area contributed by atoms with Crippen LogP contribution in [0.15, 0.2) is 12.2 Å². The summed E-state index contributed by atoms with van der Waals surface area (Å²) in [6, 6.07) is 0. The molecule has 0 aromatic heterocycles. The van der Waals surface area contributed by atoms with Crippen LogP contribution in [0.3, 0.4) is 0 Å². The van der Waals surface area contributed by atoms with Gasteiger partial charge in [0.25, 0.3) is 0 Å². The molecule has 1 saturated carbocycles. The van der Waals surface area contributed by atoms with Crippen LogP contribution < -0.4 is 0 Å². The molecule has 0 amide bonds. The lowest BCUT2D eigenvalue weighted by Gasteiger charge is -2.48. The second-order valence-corrected chi connectivity index (χ2v) is 14.6. The molecule has 14 heteroatoms. The van der Waals surface area contributed by atoms with Crippen molar-refractivity contribution in [1.29, 1.82) is 0 Å². The van der Waals surface area contributed by atoms with E-state index in [0.29, 0.717) is 11.8 Å². The molecule has 2 saturated heterocycles. The largest absolute Gasteiger partial charge is 0.479 e. The molecule has 14 nitrogen and oxygen atoms in total. The predicted molar refractivity (Wildman–Crippen MR) is 172 cm³/mol. The third-order valence-electron chi connectivity index (χ3n) is 10.7. The number of allylic oxidation sites excluding steroid dienone is 1. The number of fused-ring (bicyclic) bond motifs is 2. The number of aliphatic hydroxyl groups excluding tert-OH is 1. The third kappa shape index (κ3) is 8.29. The molecule has 0 radical (unpaired) electrons. The van der Waals surface area contributed by atoms with Crippen molar-refractivity contribution in [3.63, 3.8) is 0 Å². The van der Waals surface area contributed by atoms with Crippen molar-refractivity contribution in [2.75, 3.05) is 0 Å². The number of esters is 2. The van der Waals surface area contributed by atoms with E-state index in [2.05, 4.69) is 0 Å². The summed E-state index contributed by atoms with van der Waals surface area (Å²) in [6.45, 7) is 10.9. The Morgan fingerprint density at radius 3 is 2.12 bits per heavy atom. The number of hydrogen-bond donors (Lipinski definition) is 5. The summed E-state index contributed by atoms with van der Waals surface area (Å²) in [5.41, 5.74) is -7.36. The maximum atomic E-state index is 13.1. The van der Waals surface area contributed by atoms with E-state index < -0.39 is 83.6 Å². The number of aliphatic hydroxyl groups is 2. The quantitative estimate of drug-likeness (QED) is 0.108. The molecule has 3 rings (SSSR count). The maximum Gasteiger partial charge on any atom is 0.344 e. The zero-order valence-electron chi connectivity index (χ0n) is 29.3. The summed E-state index contributed by atoms with van der Waals surface area (Å²) in [7, 11) is 0. The van der Waals surface area contributed by atoms with Crippen molar-refractivity contribution in [2.24, 2.45) is 29.6 Å². The number of hydrogen-bond acceptors (Lipinski definition) is 11. The summed E-state index contributed by atoms with van der Waals surface area (Å²) in [5.74, 6) is -10.7. The average molecular weight is 699 g/mol. The first-order chi connectivity index (χ1) is 22.9. The Hall–Kier alpha value is -3.07. The van der Waals surface area contributed by atoms with E-state index in [1.54, 1.807) is 6.92 Å². The van der Waals surface area contributed by atoms with Gasteiger partial charge in [-0.3, -0.25) is 4.79 Å². The summed E-state index contributed by atoms with van der Waals surface area (Å²) in [4.78, 5) is 63.2. The summed E-state index contributed by atoms with van der Waals surface area (Å²) in [5, 5.41) is 53.7. The molecule has 278 valence electrons. The van der Waals surface area contributed by atoms with E-state index >= 15 is 0 Å². The number of carbonyl (C=O) groups is 5. The van der Waals surface area contributed by atoms with Gasteiger partial charge in [0.15, 0.2) is 6.10 Å². The van der Waals surface area contributed by atoms with Crippen LogP contribution in [0.4, 0.5) is 0 Å². The molecule has 2 aliphatic heterocycles. The van der Waals surface area contributed by atoms with Crippen LogP contribution in [0.1, 0.15) is 106 Å². The van der Waals surface area contributed by atoms with E-state index in [1.807, 2.05) is 27.7 Å². The Bertz CT molecular complexity index is 1240. The molecule has 0 aromatic carbocycles. The fourth-order valence-corrected chi connectivity index (χ4v) is 7.89. The van der Waals surface area contributed by atoms with Gasteiger partial charge in [-0.15, -0.1) is 0 Å². The second kappa shape index (κ2) is 16.3. The van der Waals surface area contributed by atoms with Crippen molar-refractivity contribution in [2.45, 2.75) is 147 Å². The highest BCUT2D eigenvalue weighted by atomic mass is 16.8. The Balaban J connectivity index is 1.98. The van der Waals surface area contributed by atoms with Crippen LogP contribution in [0.25, 0.3) is 0 Å². The standard InChI is InChI=1S/C35H54O14/c1-7-19(2)17-20(3)13-14-25(37)47-28-27(38)33(48-29(30(39)40)34(45,31(41)42)35(28,49-33)32(43)44)16-15-21(4)26(46-23(6)36)22(5)18-24-11-9-8-10-12-24/h13-14,19-22,24,26-29,38,45H,7-12,15-18H2,1-6H3,(H,39,40)(H,41,42)(H,43,44)/b14-13+/t19-,20+,21+,22+,26+,27+,28+,29+,33-,34+,35-/m0/s1. The molecular formula is C35H54O14. The van der Waals surface area contributed by atoms with Crippen molar-refractivity contribution < 1.29 is 68.5 Å². The van der Waals surface area contributed by atoms with E-state index in [9.17, 15) is 49.5 Å². The number of ether oxygens (including phenoxy) is 4.